The van der Waals surface area contributed by atoms with Crippen LogP contribution in [0.2, 0.25) is 0 Å². The molecule has 2 fully saturated rings. The van der Waals surface area contributed by atoms with Crippen LogP contribution < -0.4 is 9.47 Å². The fourth-order valence-corrected chi connectivity index (χ4v) is 4.55. The van der Waals surface area contributed by atoms with Gasteiger partial charge < -0.3 is 19.1 Å². The molecule has 1 saturated carbocycles. The lowest BCUT2D eigenvalue weighted by Crippen LogP contribution is -2.44. The molecule has 0 atom stereocenters. The van der Waals surface area contributed by atoms with Gasteiger partial charge in [0.1, 0.15) is 13.2 Å². The lowest BCUT2D eigenvalue weighted by Gasteiger charge is -2.32. The van der Waals surface area contributed by atoms with Gasteiger partial charge in [0.25, 0.3) is 0 Å². The van der Waals surface area contributed by atoms with E-state index in [1.807, 2.05) is 12.1 Å². The van der Waals surface area contributed by atoms with E-state index in [4.69, 9.17) is 14.2 Å². The first-order valence-corrected chi connectivity index (χ1v) is 11.3. The zero-order valence-electron chi connectivity index (χ0n) is 17.4. The Bertz CT molecular complexity index is 667. The van der Waals surface area contributed by atoms with Crippen LogP contribution in [-0.4, -0.2) is 68.3 Å². The molecule has 1 aromatic carbocycles. The highest BCUT2D eigenvalue weighted by Gasteiger charge is 2.26. The number of rotatable bonds is 6. The van der Waals surface area contributed by atoms with Gasteiger partial charge in [-0.1, -0.05) is 31.7 Å². The Morgan fingerprint density at radius 2 is 1.69 bits per heavy atom. The van der Waals surface area contributed by atoms with E-state index in [0.717, 1.165) is 69.3 Å². The molecule has 1 saturated heterocycles. The monoisotopic (exact) mass is 402 g/mol. The minimum atomic E-state index is 0.180. The number of carbonyl (C=O) groups excluding carboxylic acids is 1. The molecule has 4 rings (SSSR count). The van der Waals surface area contributed by atoms with E-state index in [-0.39, 0.29) is 5.92 Å². The second-order valence-electron chi connectivity index (χ2n) is 8.38. The minimum Gasteiger partial charge on any atom is -0.486 e. The maximum atomic E-state index is 13.4. The Hall–Kier alpha value is -1.79. The van der Waals surface area contributed by atoms with Crippen LogP contribution in [0.3, 0.4) is 0 Å². The van der Waals surface area contributed by atoms with Gasteiger partial charge in [-0.05, 0) is 30.5 Å². The van der Waals surface area contributed by atoms with Crippen LogP contribution in [0.5, 0.6) is 11.5 Å². The first kappa shape index (κ1) is 20.5. The van der Waals surface area contributed by atoms with Gasteiger partial charge >= 0.3 is 0 Å². The highest BCUT2D eigenvalue weighted by molar-refractivity contribution is 5.79. The van der Waals surface area contributed by atoms with Gasteiger partial charge in [-0.15, -0.1) is 0 Å². The van der Waals surface area contributed by atoms with E-state index in [1.54, 1.807) is 0 Å². The summed E-state index contributed by atoms with van der Waals surface area (Å²) in [7, 11) is 0. The highest BCUT2D eigenvalue weighted by atomic mass is 16.6. The fraction of sp³-hybridized carbons (Fsp3) is 0.696. The van der Waals surface area contributed by atoms with Crippen molar-refractivity contribution in [1.29, 1.82) is 0 Å². The summed E-state index contributed by atoms with van der Waals surface area (Å²) in [5, 5.41) is 0. The van der Waals surface area contributed by atoms with Crippen LogP contribution in [-0.2, 0) is 16.1 Å². The van der Waals surface area contributed by atoms with Crippen LogP contribution in [0.15, 0.2) is 18.2 Å². The van der Waals surface area contributed by atoms with Gasteiger partial charge in [0.15, 0.2) is 11.5 Å². The number of hydrogen-bond acceptors (Lipinski definition) is 5. The third-order valence-electron chi connectivity index (χ3n) is 6.29. The summed E-state index contributed by atoms with van der Waals surface area (Å²) in [6.45, 7) is 6.98. The second-order valence-corrected chi connectivity index (χ2v) is 8.38. The number of fused-ring (bicyclic) bond motifs is 1. The molecular weight excluding hydrogens is 368 g/mol. The van der Waals surface area contributed by atoms with Crippen molar-refractivity contribution in [3.8, 4) is 11.5 Å². The quantitative estimate of drug-likeness (QED) is 0.685. The number of amides is 1. The zero-order valence-corrected chi connectivity index (χ0v) is 17.4. The van der Waals surface area contributed by atoms with Crippen LogP contribution in [0.1, 0.15) is 44.1 Å². The van der Waals surface area contributed by atoms with E-state index >= 15 is 0 Å². The molecule has 2 heterocycles. The van der Waals surface area contributed by atoms with E-state index in [9.17, 15) is 4.79 Å². The molecule has 0 bridgehead atoms. The van der Waals surface area contributed by atoms with Crippen LogP contribution in [0.4, 0.5) is 0 Å². The Balaban J connectivity index is 1.45. The molecule has 0 radical (unpaired) electrons. The Morgan fingerprint density at radius 1 is 0.966 bits per heavy atom. The maximum Gasteiger partial charge on any atom is 0.226 e. The number of morpholine rings is 1. The molecule has 1 aromatic rings. The third kappa shape index (κ3) is 5.64. The molecule has 0 aromatic heterocycles. The van der Waals surface area contributed by atoms with Crippen LogP contribution >= 0.6 is 0 Å². The first-order chi connectivity index (χ1) is 14.3. The largest absolute Gasteiger partial charge is 0.486 e. The number of nitrogens with zero attached hydrogens (tertiary/aromatic N) is 2. The summed E-state index contributed by atoms with van der Waals surface area (Å²) in [5.74, 6) is 2.10. The standard InChI is InChI=1S/C23H34N2O4/c26-23(20-5-3-1-2-4-6-20)25(10-9-24-11-13-27-14-12-24)18-19-7-8-21-22(17-19)29-16-15-28-21/h7-8,17,20H,1-6,9-16,18H2. The summed E-state index contributed by atoms with van der Waals surface area (Å²) in [5.41, 5.74) is 1.11. The smallest absolute Gasteiger partial charge is 0.226 e. The molecule has 1 aliphatic carbocycles. The van der Waals surface area contributed by atoms with Crippen molar-refractivity contribution in [2.75, 3.05) is 52.6 Å². The molecule has 160 valence electrons. The zero-order chi connectivity index (χ0) is 19.9. The van der Waals surface area contributed by atoms with E-state index < -0.39 is 0 Å². The van der Waals surface area contributed by atoms with Gasteiger partial charge in [-0.25, -0.2) is 0 Å². The minimum absolute atomic E-state index is 0.180. The van der Waals surface area contributed by atoms with Crippen molar-refractivity contribution >= 4 is 5.91 Å². The average Bonchev–Trinajstić information content (AvgIpc) is 3.06. The van der Waals surface area contributed by atoms with Crippen molar-refractivity contribution in [3.05, 3.63) is 23.8 Å². The molecule has 1 amide bonds. The summed E-state index contributed by atoms with van der Waals surface area (Å²) in [4.78, 5) is 17.9. The molecule has 6 nitrogen and oxygen atoms in total. The topological polar surface area (TPSA) is 51.2 Å². The van der Waals surface area contributed by atoms with Gasteiger partial charge in [0.2, 0.25) is 5.91 Å². The third-order valence-corrected chi connectivity index (χ3v) is 6.29. The van der Waals surface area contributed by atoms with E-state index in [0.29, 0.717) is 25.7 Å². The predicted octanol–water partition coefficient (Wildman–Crippen LogP) is 3.09. The SMILES string of the molecule is O=C(C1CCCCCC1)N(CCN1CCOCC1)Cc1ccc2c(c1)OCCO2. The Kier molecular flexibility index (Phi) is 7.28. The van der Waals surface area contributed by atoms with Crippen molar-refractivity contribution in [1.82, 2.24) is 9.80 Å². The van der Waals surface area contributed by atoms with Crippen molar-refractivity contribution in [2.45, 2.75) is 45.1 Å². The first-order valence-electron chi connectivity index (χ1n) is 11.3. The maximum absolute atomic E-state index is 13.4. The van der Waals surface area contributed by atoms with Crippen molar-refractivity contribution < 1.29 is 19.0 Å². The normalized spacial score (nSPS) is 20.8. The van der Waals surface area contributed by atoms with Crippen molar-refractivity contribution in [2.24, 2.45) is 5.92 Å². The molecule has 0 unspecified atom stereocenters. The Morgan fingerprint density at radius 3 is 2.45 bits per heavy atom. The summed E-state index contributed by atoms with van der Waals surface area (Å²) in [6.07, 6.45) is 6.96. The molecule has 3 aliphatic rings. The second kappa shape index (κ2) is 10.3. The number of ether oxygens (including phenoxy) is 3. The molecule has 6 heteroatoms. The molecular formula is C23H34N2O4. The lowest BCUT2D eigenvalue weighted by atomic mass is 9.98. The van der Waals surface area contributed by atoms with Crippen LogP contribution in [0.25, 0.3) is 0 Å². The number of carbonyl (C=O) groups is 1. The highest BCUT2D eigenvalue weighted by Crippen LogP contribution is 2.32. The number of hydrogen-bond donors (Lipinski definition) is 0. The van der Waals surface area contributed by atoms with Crippen LogP contribution in [0, 0.1) is 5.92 Å². The fourth-order valence-electron chi connectivity index (χ4n) is 4.55. The predicted molar refractivity (Wildman–Crippen MR) is 111 cm³/mol. The average molecular weight is 403 g/mol. The summed E-state index contributed by atoms with van der Waals surface area (Å²) < 4.78 is 16.8. The van der Waals surface area contributed by atoms with E-state index in [1.165, 1.54) is 25.7 Å². The summed E-state index contributed by atoms with van der Waals surface area (Å²) in [6, 6.07) is 6.08. The number of benzene rings is 1. The van der Waals surface area contributed by atoms with E-state index in [2.05, 4.69) is 15.9 Å². The Labute approximate surface area is 174 Å². The van der Waals surface area contributed by atoms with Gasteiger partial charge in [0.05, 0.1) is 13.2 Å². The molecule has 2 aliphatic heterocycles. The van der Waals surface area contributed by atoms with Crippen molar-refractivity contribution in [3.63, 3.8) is 0 Å². The molecule has 0 spiro atoms. The van der Waals surface area contributed by atoms with Gasteiger partial charge in [-0.2, -0.15) is 0 Å². The molecule has 29 heavy (non-hydrogen) atoms. The molecule has 0 N–H and O–H groups in total. The lowest BCUT2D eigenvalue weighted by molar-refractivity contribution is -0.137. The van der Waals surface area contributed by atoms with Gasteiger partial charge in [0, 0.05) is 38.6 Å². The summed E-state index contributed by atoms with van der Waals surface area (Å²) >= 11 is 0. The van der Waals surface area contributed by atoms with Gasteiger partial charge in [-0.3, -0.25) is 9.69 Å².